The van der Waals surface area contributed by atoms with E-state index in [0.717, 1.165) is 45.3 Å². The van der Waals surface area contributed by atoms with Crippen LogP contribution in [0.2, 0.25) is 0 Å². The first-order chi connectivity index (χ1) is 13.7. The number of hydrogen-bond donors (Lipinski definition) is 2. The van der Waals surface area contributed by atoms with Gasteiger partial charge in [0.25, 0.3) is 5.91 Å². The van der Waals surface area contributed by atoms with Crippen molar-refractivity contribution < 1.29 is 9.59 Å². The molecule has 150 valence electrons. The molecule has 1 atom stereocenters. The molecule has 2 amide bonds. The summed E-state index contributed by atoms with van der Waals surface area (Å²) in [6.45, 7) is 4.66. The van der Waals surface area contributed by atoms with Gasteiger partial charge in [-0.05, 0) is 61.9 Å². The van der Waals surface area contributed by atoms with Crippen LogP contribution in [0.5, 0.6) is 0 Å². The van der Waals surface area contributed by atoms with Gasteiger partial charge in [-0.1, -0.05) is 19.1 Å². The molecule has 1 aromatic heterocycles. The van der Waals surface area contributed by atoms with Gasteiger partial charge in [-0.3, -0.25) is 9.59 Å². The summed E-state index contributed by atoms with van der Waals surface area (Å²) in [5, 5.41) is 8.33. The molecule has 2 aromatic rings. The molecule has 1 aliphatic heterocycles. The van der Waals surface area contributed by atoms with E-state index in [1.807, 2.05) is 29.2 Å². The van der Waals surface area contributed by atoms with Crippen LogP contribution < -0.4 is 10.6 Å². The van der Waals surface area contributed by atoms with Crippen molar-refractivity contribution in [2.24, 2.45) is 0 Å². The zero-order valence-electron chi connectivity index (χ0n) is 16.4. The number of nitrogens with zero attached hydrogens (tertiary/aromatic N) is 1. The molecular formula is C22H29N3O2S. The first-order valence-electron chi connectivity index (χ1n) is 10.1. The minimum Gasteiger partial charge on any atom is -0.334 e. The van der Waals surface area contributed by atoms with Crippen LogP contribution >= 0.6 is 11.3 Å². The van der Waals surface area contributed by atoms with Crippen molar-refractivity contribution in [3.8, 4) is 0 Å². The molecule has 1 unspecified atom stereocenters. The lowest BCUT2D eigenvalue weighted by Gasteiger charge is -2.28. The first kappa shape index (κ1) is 20.6. The zero-order valence-corrected chi connectivity index (χ0v) is 17.3. The molecule has 5 nitrogen and oxygen atoms in total. The van der Waals surface area contributed by atoms with Crippen molar-refractivity contribution in [1.29, 1.82) is 0 Å². The zero-order chi connectivity index (χ0) is 19.8. The number of carbonyl (C=O) groups is 2. The fourth-order valence-corrected chi connectivity index (χ4v) is 4.34. The molecule has 0 radical (unpaired) electrons. The Balaban J connectivity index is 1.57. The molecular weight excluding hydrogens is 370 g/mol. The first-order valence-corrected chi connectivity index (χ1v) is 11.0. The van der Waals surface area contributed by atoms with Crippen LogP contribution in [0, 0.1) is 0 Å². The Bertz CT molecular complexity index is 770. The largest absolute Gasteiger partial charge is 0.334 e. The van der Waals surface area contributed by atoms with Gasteiger partial charge < -0.3 is 15.5 Å². The summed E-state index contributed by atoms with van der Waals surface area (Å²) in [5.41, 5.74) is 1.32. The van der Waals surface area contributed by atoms with Crippen LogP contribution in [0.4, 0.5) is 5.69 Å². The Morgan fingerprint density at radius 2 is 2.18 bits per heavy atom. The number of rotatable bonds is 9. The van der Waals surface area contributed by atoms with Crippen molar-refractivity contribution >= 4 is 28.8 Å². The Kier molecular flexibility index (Phi) is 7.62. The summed E-state index contributed by atoms with van der Waals surface area (Å²) in [5.74, 6) is 0.0379. The van der Waals surface area contributed by atoms with Crippen LogP contribution in [-0.2, 0) is 11.2 Å². The third-order valence-corrected chi connectivity index (χ3v) is 5.94. The van der Waals surface area contributed by atoms with Gasteiger partial charge in [0.05, 0.1) is 0 Å². The predicted octanol–water partition coefficient (Wildman–Crippen LogP) is 3.92. The van der Waals surface area contributed by atoms with E-state index in [9.17, 15) is 9.59 Å². The second kappa shape index (κ2) is 10.4. The molecule has 1 saturated heterocycles. The number of carbonyl (C=O) groups excluding carboxylic acids is 2. The molecule has 0 aliphatic carbocycles. The average Bonchev–Trinajstić information content (AvgIpc) is 3.40. The summed E-state index contributed by atoms with van der Waals surface area (Å²) in [6.07, 6.45) is 4.15. The standard InChI is InChI=1S/C22H29N3O2S/c1-2-13-25(19-11-12-23-16-19)22(27)17-6-3-7-18(15-17)24-21(26)10-4-8-20-9-5-14-28-20/h3,5-7,9,14-15,19,23H,2,4,8,10-13,16H2,1H3,(H,24,26). The van der Waals surface area contributed by atoms with E-state index in [4.69, 9.17) is 0 Å². The van der Waals surface area contributed by atoms with E-state index in [-0.39, 0.29) is 17.9 Å². The van der Waals surface area contributed by atoms with Crippen molar-refractivity contribution in [1.82, 2.24) is 10.2 Å². The summed E-state index contributed by atoms with van der Waals surface area (Å²) >= 11 is 1.72. The van der Waals surface area contributed by atoms with Crippen LogP contribution in [0.15, 0.2) is 41.8 Å². The lowest BCUT2D eigenvalue weighted by molar-refractivity contribution is -0.116. The van der Waals surface area contributed by atoms with E-state index in [2.05, 4.69) is 29.0 Å². The van der Waals surface area contributed by atoms with Gasteiger partial charge in [-0.25, -0.2) is 0 Å². The molecule has 0 spiro atoms. The SMILES string of the molecule is CCCN(C(=O)c1cccc(NC(=O)CCCc2cccs2)c1)C1CCNC1. The van der Waals surface area contributed by atoms with E-state index in [0.29, 0.717) is 17.7 Å². The Morgan fingerprint density at radius 1 is 1.29 bits per heavy atom. The van der Waals surface area contributed by atoms with Gasteiger partial charge in [-0.2, -0.15) is 0 Å². The van der Waals surface area contributed by atoms with Gasteiger partial charge in [0.1, 0.15) is 0 Å². The second-order valence-corrected chi connectivity index (χ2v) is 8.24. The molecule has 0 bridgehead atoms. The number of aryl methyl sites for hydroxylation is 1. The predicted molar refractivity (Wildman–Crippen MR) is 115 cm³/mol. The Morgan fingerprint density at radius 3 is 2.89 bits per heavy atom. The van der Waals surface area contributed by atoms with E-state index < -0.39 is 0 Å². The average molecular weight is 400 g/mol. The summed E-state index contributed by atoms with van der Waals surface area (Å²) in [4.78, 5) is 28.6. The van der Waals surface area contributed by atoms with Gasteiger partial charge in [0.2, 0.25) is 5.91 Å². The molecule has 2 heterocycles. The third-order valence-electron chi connectivity index (χ3n) is 5.00. The van der Waals surface area contributed by atoms with Crippen LogP contribution in [0.25, 0.3) is 0 Å². The van der Waals surface area contributed by atoms with Crippen LogP contribution in [-0.4, -0.2) is 42.4 Å². The van der Waals surface area contributed by atoms with E-state index in [1.165, 1.54) is 4.88 Å². The molecule has 28 heavy (non-hydrogen) atoms. The maximum atomic E-state index is 13.0. The molecule has 1 fully saturated rings. The minimum atomic E-state index is -0.00781. The van der Waals surface area contributed by atoms with Crippen molar-refractivity contribution in [2.45, 2.75) is 45.1 Å². The topological polar surface area (TPSA) is 61.4 Å². The molecule has 1 aromatic carbocycles. The van der Waals surface area contributed by atoms with E-state index >= 15 is 0 Å². The number of thiophene rings is 1. The minimum absolute atomic E-state index is 0.00781. The number of amides is 2. The molecule has 1 aliphatic rings. The number of nitrogens with one attached hydrogen (secondary N) is 2. The second-order valence-electron chi connectivity index (χ2n) is 7.21. The maximum Gasteiger partial charge on any atom is 0.254 e. The molecule has 6 heteroatoms. The summed E-state index contributed by atoms with van der Waals surface area (Å²) in [7, 11) is 0. The molecule has 0 saturated carbocycles. The van der Waals surface area contributed by atoms with Crippen molar-refractivity contribution in [3.05, 3.63) is 52.2 Å². The molecule has 2 N–H and O–H groups in total. The highest BCUT2D eigenvalue weighted by atomic mass is 32.1. The number of hydrogen-bond acceptors (Lipinski definition) is 4. The van der Waals surface area contributed by atoms with Crippen LogP contribution in [0.1, 0.15) is 47.8 Å². The van der Waals surface area contributed by atoms with E-state index in [1.54, 1.807) is 17.4 Å². The monoisotopic (exact) mass is 399 g/mol. The summed E-state index contributed by atoms with van der Waals surface area (Å²) in [6, 6.07) is 11.7. The van der Waals surface area contributed by atoms with Gasteiger partial charge in [-0.15, -0.1) is 11.3 Å². The maximum absolute atomic E-state index is 13.0. The highest BCUT2D eigenvalue weighted by molar-refractivity contribution is 7.09. The number of anilines is 1. The lowest BCUT2D eigenvalue weighted by atomic mass is 10.1. The highest BCUT2D eigenvalue weighted by Crippen LogP contribution is 2.18. The normalized spacial score (nSPS) is 16.1. The smallest absolute Gasteiger partial charge is 0.254 e. The van der Waals surface area contributed by atoms with Crippen molar-refractivity contribution in [2.75, 3.05) is 25.0 Å². The van der Waals surface area contributed by atoms with Crippen LogP contribution in [0.3, 0.4) is 0 Å². The van der Waals surface area contributed by atoms with Crippen molar-refractivity contribution in [3.63, 3.8) is 0 Å². The highest BCUT2D eigenvalue weighted by Gasteiger charge is 2.26. The molecule has 3 rings (SSSR count). The van der Waals surface area contributed by atoms with Gasteiger partial charge in [0, 0.05) is 41.7 Å². The quantitative estimate of drug-likeness (QED) is 0.672. The fourth-order valence-electron chi connectivity index (χ4n) is 3.59. The Hall–Kier alpha value is -2.18. The Labute approximate surface area is 171 Å². The lowest BCUT2D eigenvalue weighted by Crippen LogP contribution is -2.42. The third kappa shape index (κ3) is 5.66. The van der Waals surface area contributed by atoms with Gasteiger partial charge in [0.15, 0.2) is 0 Å². The van der Waals surface area contributed by atoms with Gasteiger partial charge >= 0.3 is 0 Å². The fraction of sp³-hybridized carbons (Fsp3) is 0.455. The summed E-state index contributed by atoms with van der Waals surface area (Å²) < 4.78 is 0. The number of benzene rings is 1.